The van der Waals surface area contributed by atoms with Gasteiger partial charge >= 0.3 is 0 Å². The molecule has 134 valence electrons. The lowest BCUT2D eigenvalue weighted by atomic mass is 10.1. The van der Waals surface area contributed by atoms with Crippen LogP contribution in [-0.4, -0.2) is 22.0 Å². The number of hydrogen-bond acceptors (Lipinski definition) is 6. The van der Waals surface area contributed by atoms with Gasteiger partial charge in [-0.3, -0.25) is 0 Å². The van der Waals surface area contributed by atoms with E-state index in [0.717, 1.165) is 11.4 Å². The third-order valence-corrected chi connectivity index (χ3v) is 3.81. The summed E-state index contributed by atoms with van der Waals surface area (Å²) in [5.41, 5.74) is 6.64. The first-order valence-corrected chi connectivity index (χ1v) is 8.56. The molecule has 3 aromatic rings. The summed E-state index contributed by atoms with van der Waals surface area (Å²) < 4.78 is 0. The van der Waals surface area contributed by atoms with Crippen LogP contribution >= 0.6 is 0 Å². The molecule has 1 heterocycles. The van der Waals surface area contributed by atoms with Gasteiger partial charge in [-0.05, 0) is 74.2 Å². The number of anilines is 5. The fraction of sp³-hybridized carbons (Fsp3) is 0.250. The summed E-state index contributed by atoms with van der Waals surface area (Å²) >= 11 is 0. The molecule has 3 rings (SSSR count). The van der Waals surface area contributed by atoms with Gasteiger partial charge in [-0.1, -0.05) is 12.1 Å². The van der Waals surface area contributed by atoms with Crippen LogP contribution in [0.25, 0.3) is 0 Å². The summed E-state index contributed by atoms with van der Waals surface area (Å²) in [5.74, 6) is 1.47. The minimum atomic E-state index is 0.487. The van der Waals surface area contributed by atoms with Crippen LogP contribution in [0.2, 0.25) is 0 Å². The van der Waals surface area contributed by atoms with E-state index in [0.29, 0.717) is 17.8 Å². The van der Waals surface area contributed by atoms with Gasteiger partial charge in [0.1, 0.15) is 0 Å². The van der Waals surface area contributed by atoms with E-state index in [-0.39, 0.29) is 0 Å². The lowest BCUT2D eigenvalue weighted by Gasteiger charge is -2.12. The van der Waals surface area contributed by atoms with Crippen molar-refractivity contribution in [3.63, 3.8) is 0 Å². The van der Waals surface area contributed by atoms with Gasteiger partial charge in [0.05, 0.1) is 0 Å². The number of aryl methyl sites for hydroxylation is 4. The van der Waals surface area contributed by atoms with Crippen LogP contribution in [0.5, 0.6) is 0 Å². The maximum atomic E-state index is 4.51. The Labute approximate surface area is 154 Å². The Hall–Kier alpha value is -3.15. The number of rotatable bonds is 5. The molecule has 6 nitrogen and oxygen atoms in total. The van der Waals surface area contributed by atoms with Crippen LogP contribution in [0.3, 0.4) is 0 Å². The van der Waals surface area contributed by atoms with Gasteiger partial charge in [-0.2, -0.15) is 15.0 Å². The average molecular weight is 348 g/mol. The summed E-state index contributed by atoms with van der Waals surface area (Å²) in [7, 11) is 1.79. The van der Waals surface area contributed by atoms with Gasteiger partial charge in [0.15, 0.2) is 0 Å². The summed E-state index contributed by atoms with van der Waals surface area (Å²) in [6.07, 6.45) is 0. The predicted octanol–water partition coefficient (Wildman–Crippen LogP) is 4.63. The average Bonchev–Trinajstić information content (AvgIpc) is 2.52. The molecule has 0 aliphatic rings. The number of benzene rings is 2. The highest BCUT2D eigenvalue weighted by Gasteiger charge is 2.08. The molecule has 0 saturated carbocycles. The Kier molecular flexibility index (Phi) is 5.02. The van der Waals surface area contributed by atoms with E-state index < -0.39 is 0 Å². The standard InChI is InChI=1S/C20H24N6/c1-12-6-13(2)9-16(8-12)22-19-24-18(21-5)25-20(26-19)23-17-10-14(3)7-15(4)11-17/h6-11H,1-5H3,(H3,21,22,23,24,25,26). The molecule has 0 aliphatic carbocycles. The summed E-state index contributed by atoms with van der Waals surface area (Å²) in [5, 5.41) is 9.52. The van der Waals surface area contributed by atoms with Crippen LogP contribution in [0.4, 0.5) is 29.2 Å². The van der Waals surface area contributed by atoms with Gasteiger partial charge in [0.2, 0.25) is 17.8 Å². The molecular weight excluding hydrogens is 324 g/mol. The zero-order valence-electron chi connectivity index (χ0n) is 15.8. The molecule has 0 amide bonds. The lowest BCUT2D eigenvalue weighted by molar-refractivity contribution is 1.06. The smallest absolute Gasteiger partial charge is 0.233 e. The van der Waals surface area contributed by atoms with Crippen molar-refractivity contribution in [3.05, 3.63) is 58.7 Å². The van der Waals surface area contributed by atoms with Crippen molar-refractivity contribution in [1.29, 1.82) is 0 Å². The van der Waals surface area contributed by atoms with E-state index in [9.17, 15) is 0 Å². The van der Waals surface area contributed by atoms with E-state index >= 15 is 0 Å². The molecule has 6 heteroatoms. The van der Waals surface area contributed by atoms with Crippen molar-refractivity contribution in [2.24, 2.45) is 0 Å². The zero-order chi connectivity index (χ0) is 18.7. The van der Waals surface area contributed by atoms with Crippen molar-refractivity contribution in [1.82, 2.24) is 15.0 Å². The van der Waals surface area contributed by atoms with Crippen LogP contribution in [0.15, 0.2) is 36.4 Å². The number of nitrogens with one attached hydrogen (secondary N) is 3. The molecule has 0 unspecified atom stereocenters. The Morgan fingerprint density at radius 1 is 0.538 bits per heavy atom. The predicted molar refractivity (Wildman–Crippen MR) is 108 cm³/mol. The molecule has 0 atom stereocenters. The normalized spacial score (nSPS) is 10.5. The molecule has 0 spiro atoms. The number of nitrogens with zero attached hydrogens (tertiary/aromatic N) is 3. The van der Waals surface area contributed by atoms with Crippen LogP contribution in [0, 0.1) is 27.7 Å². The van der Waals surface area contributed by atoms with Gasteiger partial charge in [0, 0.05) is 18.4 Å². The second-order valence-corrected chi connectivity index (χ2v) is 6.56. The fourth-order valence-electron chi connectivity index (χ4n) is 2.95. The molecule has 0 bridgehead atoms. The number of hydrogen-bond donors (Lipinski definition) is 3. The highest BCUT2D eigenvalue weighted by molar-refractivity contribution is 5.61. The fourth-order valence-corrected chi connectivity index (χ4v) is 2.95. The van der Waals surface area contributed by atoms with Gasteiger partial charge in [-0.25, -0.2) is 0 Å². The van der Waals surface area contributed by atoms with Crippen LogP contribution in [-0.2, 0) is 0 Å². The largest absolute Gasteiger partial charge is 0.357 e. The van der Waals surface area contributed by atoms with Crippen molar-refractivity contribution >= 4 is 29.2 Å². The first kappa shape index (κ1) is 17.7. The van der Waals surface area contributed by atoms with E-state index in [1.54, 1.807) is 7.05 Å². The summed E-state index contributed by atoms with van der Waals surface area (Å²) in [6, 6.07) is 12.5. The highest BCUT2D eigenvalue weighted by Crippen LogP contribution is 2.21. The molecule has 26 heavy (non-hydrogen) atoms. The van der Waals surface area contributed by atoms with Crippen molar-refractivity contribution < 1.29 is 0 Å². The van der Waals surface area contributed by atoms with Crippen molar-refractivity contribution in [2.75, 3.05) is 23.0 Å². The van der Waals surface area contributed by atoms with Crippen LogP contribution < -0.4 is 16.0 Å². The third kappa shape index (κ3) is 4.47. The van der Waals surface area contributed by atoms with Gasteiger partial charge < -0.3 is 16.0 Å². The lowest BCUT2D eigenvalue weighted by Crippen LogP contribution is -2.07. The number of aromatic nitrogens is 3. The van der Waals surface area contributed by atoms with E-state index in [4.69, 9.17) is 0 Å². The Balaban J connectivity index is 1.90. The topological polar surface area (TPSA) is 74.8 Å². The second-order valence-electron chi connectivity index (χ2n) is 6.56. The molecule has 0 fully saturated rings. The first-order chi connectivity index (χ1) is 12.4. The molecule has 2 aromatic carbocycles. The van der Waals surface area contributed by atoms with Crippen molar-refractivity contribution in [3.8, 4) is 0 Å². The van der Waals surface area contributed by atoms with Crippen molar-refractivity contribution in [2.45, 2.75) is 27.7 Å². The zero-order valence-corrected chi connectivity index (χ0v) is 15.8. The highest BCUT2D eigenvalue weighted by atomic mass is 15.3. The van der Waals surface area contributed by atoms with E-state index in [2.05, 4.69) is 95.0 Å². The van der Waals surface area contributed by atoms with E-state index in [1.807, 2.05) is 0 Å². The molecule has 3 N–H and O–H groups in total. The van der Waals surface area contributed by atoms with E-state index in [1.165, 1.54) is 22.3 Å². The Morgan fingerprint density at radius 2 is 0.885 bits per heavy atom. The van der Waals surface area contributed by atoms with Gasteiger partial charge in [-0.15, -0.1) is 0 Å². The van der Waals surface area contributed by atoms with Gasteiger partial charge in [0.25, 0.3) is 0 Å². The van der Waals surface area contributed by atoms with Crippen LogP contribution in [0.1, 0.15) is 22.3 Å². The Morgan fingerprint density at radius 3 is 1.23 bits per heavy atom. The minimum Gasteiger partial charge on any atom is -0.357 e. The SMILES string of the molecule is CNc1nc(Nc2cc(C)cc(C)c2)nc(Nc2cc(C)cc(C)c2)n1. The monoisotopic (exact) mass is 348 g/mol. The maximum Gasteiger partial charge on any atom is 0.233 e. The minimum absolute atomic E-state index is 0.487. The molecule has 0 radical (unpaired) electrons. The second kappa shape index (κ2) is 7.39. The molecule has 0 aliphatic heterocycles. The maximum absolute atomic E-state index is 4.51. The molecule has 0 saturated heterocycles. The third-order valence-electron chi connectivity index (χ3n) is 3.81. The molecular formula is C20H24N6. The molecule has 1 aromatic heterocycles. The quantitative estimate of drug-likeness (QED) is 0.624. The Bertz CT molecular complexity index is 823. The summed E-state index contributed by atoms with van der Waals surface area (Å²) in [6.45, 7) is 8.27. The first-order valence-electron chi connectivity index (χ1n) is 8.56. The summed E-state index contributed by atoms with van der Waals surface area (Å²) in [4.78, 5) is 13.3.